The number of hydrogen-bond donors (Lipinski definition) is 2. The second kappa shape index (κ2) is 5.43. The van der Waals surface area contributed by atoms with Crippen molar-refractivity contribution >= 4 is 27.5 Å². The molecule has 23 heavy (non-hydrogen) atoms. The van der Waals surface area contributed by atoms with Crippen LogP contribution in [0.2, 0.25) is 0 Å². The Bertz CT molecular complexity index is 900. The van der Waals surface area contributed by atoms with Crippen LogP contribution in [-0.4, -0.2) is 31.3 Å². The van der Waals surface area contributed by atoms with E-state index < -0.39 is 11.9 Å². The lowest BCUT2D eigenvalue weighted by atomic mass is 10.0. The van der Waals surface area contributed by atoms with Crippen LogP contribution in [0.5, 0.6) is 5.75 Å². The third-order valence-electron chi connectivity index (χ3n) is 3.69. The van der Waals surface area contributed by atoms with Gasteiger partial charge in [0.1, 0.15) is 30.6 Å². The molecule has 0 radical (unpaired) electrons. The molecule has 0 saturated carbocycles. The number of aromatic nitrogens is 4. The summed E-state index contributed by atoms with van der Waals surface area (Å²) in [5.41, 5.74) is 1.43. The zero-order chi connectivity index (χ0) is 16.0. The van der Waals surface area contributed by atoms with Crippen LogP contribution in [0.25, 0.3) is 5.65 Å². The lowest BCUT2D eigenvalue weighted by Crippen LogP contribution is -2.09. The highest BCUT2D eigenvalue weighted by atomic mass is 79.9. The van der Waals surface area contributed by atoms with Gasteiger partial charge in [-0.15, -0.1) is 10.2 Å². The lowest BCUT2D eigenvalue weighted by Gasteiger charge is -2.11. The van der Waals surface area contributed by atoms with Crippen molar-refractivity contribution in [1.29, 1.82) is 0 Å². The molecule has 7 nitrogen and oxygen atoms in total. The maximum Gasteiger partial charge on any atom is 0.230 e. The first kappa shape index (κ1) is 14.3. The monoisotopic (exact) mass is 379 g/mol. The largest absolute Gasteiger partial charge is 0.490 e. The highest BCUT2D eigenvalue weighted by Crippen LogP contribution is 2.36. The van der Waals surface area contributed by atoms with Gasteiger partial charge in [-0.25, -0.2) is 9.37 Å². The number of aliphatic hydroxyl groups excluding tert-OH is 1. The standard InChI is InChI=1S/C14H11BrFN5O2/c15-8-4-17-6-21-13(8)19-20-14(21)18-3-7-9(16)1-2-11-12(7)10(22)5-23-11/h1-2,4,6,10,22H,3,5H2,(H,18,20). The molecule has 3 aromatic rings. The zero-order valence-corrected chi connectivity index (χ0v) is 13.3. The van der Waals surface area contributed by atoms with Gasteiger partial charge in [0.15, 0.2) is 5.65 Å². The molecule has 0 bridgehead atoms. The number of ether oxygens (including phenoxy) is 1. The van der Waals surface area contributed by atoms with Gasteiger partial charge < -0.3 is 15.2 Å². The summed E-state index contributed by atoms with van der Waals surface area (Å²) >= 11 is 3.34. The van der Waals surface area contributed by atoms with E-state index in [4.69, 9.17) is 4.74 Å². The van der Waals surface area contributed by atoms with Crippen LogP contribution in [0.15, 0.2) is 29.1 Å². The molecule has 0 amide bonds. The van der Waals surface area contributed by atoms with E-state index in [1.165, 1.54) is 12.1 Å². The van der Waals surface area contributed by atoms with Crippen LogP contribution >= 0.6 is 15.9 Å². The van der Waals surface area contributed by atoms with Crippen molar-refractivity contribution < 1.29 is 14.2 Å². The number of benzene rings is 1. The highest BCUT2D eigenvalue weighted by Gasteiger charge is 2.27. The highest BCUT2D eigenvalue weighted by molar-refractivity contribution is 9.10. The molecule has 1 aliphatic heterocycles. The van der Waals surface area contributed by atoms with E-state index in [2.05, 4.69) is 36.4 Å². The molecule has 1 unspecified atom stereocenters. The van der Waals surface area contributed by atoms with E-state index in [1.807, 2.05) is 0 Å². The van der Waals surface area contributed by atoms with Crippen molar-refractivity contribution in [3.63, 3.8) is 0 Å². The molecule has 0 aliphatic carbocycles. The Balaban J connectivity index is 1.67. The summed E-state index contributed by atoms with van der Waals surface area (Å²) in [5, 5.41) is 21.1. The summed E-state index contributed by atoms with van der Waals surface area (Å²) in [5.74, 6) is 0.527. The third kappa shape index (κ3) is 2.32. The Morgan fingerprint density at radius 2 is 2.30 bits per heavy atom. The van der Waals surface area contributed by atoms with Crippen LogP contribution in [-0.2, 0) is 6.54 Å². The van der Waals surface area contributed by atoms with Crippen molar-refractivity contribution in [3.8, 4) is 5.75 Å². The molecule has 0 spiro atoms. The van der Waals surface area contributed by atoms with Crippen LogP contribution in [0, 0.1) is 5.82 Å². The van der Waals surface area contributed by atoms with E-state index >= 15 is 0 Å². The van der Waals surface area contributed by atoms with Crippen molar-refractivity contribution in [2.45, 2.75) is 12.6 Å². The number of nitrogens with one attached hydrogen (secondary N) is 1. The van der Waals surface area contributed by atoms with Crippen molar-refractivity contribution in [3.05, 3.63) is 46.1 Å². The molecule has 2 N–H and O–H groups in total. The zero-order valence-electron chi connectivity index (χ0n) is 11.7. The molecule has 0 fully saturated rings. The van der Waals surface area contributed by atoms with Gasteiger partial charge in [0.05, 0.1) is 4.47 Å². The van der Waals surface area contributed by atoms with Gasteiger partial charge in [-0.3, -0.25) is 4.40 Å². The van der Waals surface area contributed by atoms with Gasteiger partial charge in [0.2, 0.25) is 5.95 Å². The first-order valence-corrected chi connectivity index (χ1v) is 7.64. The van der Waals surface area contributed by atoms with Gasteiger partial charge in [-0.05, 0) is 28.1 Å². The molecule has 4 rings (SSSR count). The van der Waals surface area contributed by atoms with E-state index in [1.54, 1.807) is 16.9 Å². The van der Waals surface area contributed by atoms with E-state index in [9.17, 15) is 9.50 Å². The van der Waals surface area contributed by atoms with E-state index in [0.717, 1.165) is 0 Å². The summed E-state index contributed by atoms with van der Waals surface area (Å²) in [4.78, 5) is 4.05. The third-order valence-corrected chi connectivity index (χ3v) is 4.25. The number of hydrogen-bond acceptors (Lipinski definition) is 6. The minimum atomic E-state index is -0.830. The van der Waals surface area contributed by atoms with Crippen molar-refractivity contribution in [1.82, 2.24) is 19.6 Å². The number of aliphatic hydroxyl groups is 1. The lowest BCUT2D eigenvalue weighted by molar-refractivity contribution is 0.140. The number of rotatable bonds is 3. The second-order valence-electron chi connectivity index (χ2n) is 5.08. The Morgan fingerprint density at radius 3 is 3.17 bits per heavy atom. The van der Waals surface area contributed by atoms with Crippen LogP contribution in [0.4, 0.5) is 10.3 Å². The van der Waals surface area contributed by atoms with Crippen LogP contribution < -0.4 is 10.1 Å². The Labute approximate surface area is 138 Å². The number of halogens is 2. The molecule has 118 valence electrons. The molecule has 3 heterocycles. The maximum atomic E-state index is 14.2. The van der Waals surface area contributed by atoms with Crippen molar-refractivity contribution in [2.75, 3.05) is 11.9 Å². The number of anilines is 1. The van der Waals surface area contributed by atoms with Gasteiger partial charge in [-0.2, -0.15) is 0 Å². The Kier molecular flexibility index (Phi) is 3.38. The summed E-state index contributed by atoms with van der Waals surface area (Å²) < 4.78 is 21.8. The predicted molar refractivity (Wildman–Crippen MR) is 82.7 cm³/mol. The maximum absolute atomic E-state index is 14.2. The normalized spacial score (nSPS) is 16.4. The smallest absolute Gasteiger partial charge is 0.230 e. The molecule has 1 aromatic carbocycles. The number of nitrogens with zero attached hydrogens (tertiary/aromatic N) is 4. The summed E-state index contributed by atoms with van der Waals surface area (Å²) in [6.07, 6.45) is 2.35. The first-order chi connectivity index (χ1) is 11.1. The predicted octanol–water partition coefficient (Wildman–Crippen LogP) is 2.06. The minimum absolute atomic E-state index is 0.135. The van der Waals surface area contributed by atoms with Gasteiger partial charge in [-0.1, -0.05) is 0 Å². The average Bonchev–Trinajstić information content (AvgIpc) is 3.12. The summed E-state index contributed by atoms with van der Waals surface area (Å²) in [6.45, 7) is 0.277. The fourth-order valence-electron chi connectivity index (χ4n) is 2.61. The van der Waals surface area contributed by atoms with Crippen LogP contribution in [0.1, 0.15) is 17.2 Å². The van der Waals surface area contributed by atoms with Gasteiger partial charge in [0.25, 0.3) is 0 Å². The van der Waals surface area contributed by atoms with Crippen molar-refractivity contribution in [2.24, 2.45) is 0 Å². The molecule has 1 aliphatic rings. The SMILES string of the molecule is OC1COc2ccc(F)c(CNc3nnc4c(Br)cncn34)c21. The number of fused-ring (bicyclic) bond motifs is 2. The Morgan fingerprint density at radius 1 is 1.43 bits per heavy atom. The fraction of sp³-hybridized carbons (Fsp3) is 0.214. The minimum Gasteiger partial charge on any atom is -0.490 e. The van der Waals surface area contributed by atoms with Gasteiger partial charge >= 0.3 is 0 Å². The second-order valence-corrected chi connectivity index (χ2v) is 5.93. The molecule has 2 aromatic heterocycles. The van der Waals surface area contributed by atoms with E-state index in [-0.39, 0.29) is 13.2 Å². The first-order valence-electron chi connectivity index (χ1n) is 6.85. The fourth-order valence-corrected chi connectivity index (χ4v) is 3.00. The quantitative estimate of drug-likeness (QED) is 0.724. The van der Waals surface area contributed by atoms with Gasteiger partial charge in [0, 0.05) is 23.9 Å². The Hall–Kier alpha value is -2.26. The summed E-state index contributed by atoms with van der Waals surface area (Å²) in [7, 11) is 0. The molecular formula is C14H11BrFN5O2. The average molecular weight is 380 g/mol. The topological polar surface area (TPSA) is 84.6 Å². The molecule has 0 saturated heterocycles. The van der Waals surface area contributed by atoms with Crippen LogP contribution in [0.3, 0.4) is 0 Å². The molecule has 1 atom stereocenters. The summed E-state index contributed by atoms with van der Waals surface area (Å²) in [6, 6.07) is 2.85. The molecular weight excluding hydrogens is 369 g/mol. The molecule has 9 heteroatoms. The van der Waals surface area contributed by atoms with E-state index in [0.29, 0.717) is 32.9 Å².